The first kappa shape index (κ1) is 13.2. The van der Waals surface area contributed by atoms with Crippen LogP contribution >= 0.6 is 0 Å². The Morgan fingerprint density at radius 1 is 1.00 bits per heavy atom. The Morgan fingerprint density at radius 3 is 2.11 bits per heavy atom. The van der Waals surface area contributed by atoms with Crippen molar-refractivity contribution in [2.45, 2.75) is 25.3 Å². The molecule has 2 heteroatoms. The maximum Gasteiger partial charge on any atom is 0.129 e. The van der Waals surface area contributed by atoms with Gasteiger partial charge in [0.15, 0.2) is 0 Å². The van der Waals surface area contributed by atoms with E-state index in [1.54, 1.807) is 0 Å². The predicted molar refractivity (Wildman–Crippen MR) is 78.8 cm³/mol. The first-order valence-electron chi connectivity index (χ1n) is 6.56. The summed E-state index contributed by atoms with van der Waals surface area (Å²) in [6.45, 7) is 2.04. The predicted octanol–water partition coefficient (Wildman–Crippen LogP) is 4.01. The molecule has 1 N–H and O–H groups in total. The van der Waals surface area contributed by atoms with Crippen LogP contribution in [0.1, 0.15) is 18.9 Å². The summed E-state index contributed by atoms with van der Waals surface area (Å²) in [6.07, 6.45) is 1.46. The van der Waals surface area contributed by atoms with Crippen LogP contribution in [0.25, 0.3) is 0 Å². The molecule has 0 bridgehead atoms. The monoisotopic (exact) mass is 250 g/mol. The number of nitrogens with zero attached hydrogens (tertiary/aromatic N) is 1. The molecule has 0 heterocycles. The van der Waals surface area contributed by atoms with Crippen LogP contribution in [0.15, 0.2) is 60.7 Å². The summed E-state index contributed by atoms with van der Waals surface area (Å²) in [4.78, 5) is 0. The molecule has 0 amide bonds. The van der Waals surface area contributed by atoms with Gasteiger partial charge < -0.3 is 5.32 Å². The maximum absolute atomic E-state index is 9.59. The fourth-order valence-electron chi connectivity index (χ4n) is 2.15. The van der Waals surface area contributed by atoms with Crippen molar-refractivity contribution in [1.29, 1.82) is 5.26 Å². The third-order valence-electron chi connectivity index (χ3n) is 3.32. The van der Waals surface area contributed by atoms with Crippen LogP contribution in [0.4, 0.5) is 5.69 Å². The summed E-state index contributed by atoms with van der Waals surface area (Å²) in [5.74, 6) is 0. The summed E-state index contributed by atoms with van der Waals surface area (Å²) >= 11 is 0. The molecule has 0 spiro atoms. The van der Waals surface area contributed by atoms with E-state index < -0.39 is 5.54 Å². The highest BCUT2D eigenvalue weighted by molar-refractivity contribution is 5.48. The zero-order valence-corrected chi connectivity index (χ0v) is 11.1. The number of hydrogen-bond acceptors (Lipinski definition) is 2. The van der Waals surface area contributed by atoms with Gasteiger partial charge in [-0.1, -0.05) is 55.5 Å². The van der Waals surface area contributed by atoms with Crippen molar-refractivity contribution in [1.82, 2.24) is 0 Å². The van der Waals surface area contributed by atoms with E-state index in [4.69, 9.17) is 0 Å². The molecule has 0 saturated heterocycles. The van der Waals surface area contributed by atoms with E-state index >= 15 is 0 Å². The summed E-state index contributed by atoms with van der Waals surface area (Å²) in [5, 5.41) is 13.0. The van der Waals surface area contributed by atoms with Crippen LogP contribution in [0.2, 0.25) is 0 Å². The van der Waals surface area contributed by atoms with Gasteiger partial charge in [-0.25, -0.2) is 0 Å². The molecule has 2 nitrogen and oxygen atoms in total. The Morgan fingerprint density at radius 2 is 1.58 bits per heavy atom. The topological polar surface area (TPSA) is 35.8 Å². The van der Waals surface area contributed by atoms with E-state index in [0.29, 0.717) is 6.42 Å². The molecule has 2 rings (SSSR count). The van der Waals surface area contributed by atoms with Gasteiger partial charge in [0.2, 0.25) is 0 Å². The molecule has 2 aromatic rings. The Balaban J connectivity index is 2.21. The number of benzene rings is 2. The molecular formula is C17H18N2. The van der Waals surface area contributed by atoms with Crippen LogP contribution in [-0.4, -0.2) is 5.54 Å². The van der Waals surface area contributed by atoms with Gasteiger partial charge in [-0.2, -0.15) is 5.26 Å². The first-order valence-corrected chi connectivity index (χ1v) is 6.56. The molecule has 96 valence electrons. The molecule has 1 unspecified atom stereocenters. The lowest BCUT2D eigenvalue weighted by atomic mass is 9.89. The molecule has 0 aromatic heterocycles. The van der Waals surface area contributed by atoms with Crippen LogP contribution in [-0.2, 0) is 6.42 Å². The van der Waals surface area contributed by atoms with E-state index in [9.17, 15) is 5.26 Å². The van der Waals surface area contributed by atoms with Gasteiger partial charge in [-0.05, 0) is 24.1 Å². The minimum Gasteiger partial charge on any atom is -0.367 e. The van der Waals surface area contributed by atoms with Crippen molar-refractivity contribution in [3.05, 3.63) is 66.2 Å². The Bertz CT molecular complexity index is 499. The molecule has 0 aliphatic carbocycles. The molecule has 0 fully saturated rings. The smallest absolute Gasteiger partial charge is 0.129 e. The summed E-state index contributed by atoms with van der Waals surface area (Å²) < 4.78 is 0. The minimum absolute atomic E-state index is 0.553. The van der Waals surface area contributed by atoms with Crippen molar-refractivity contribution < 1.29 is 0 Å². The van der Waals surface area contributed by atoms with Gasteiger partial charge in [0.05, 0.1) is 6.07 Å². The third kappa shape index (κ3) is 3.35. The fourth-order valence-corrected chi connectivity index (χ4v) is 2.15. The zero-order valence-electron chi connectivity index (χ0n) is 11.1. The number of para-hydroxylation sites is 1. The second-order valence-corrected chi connectivity index (χ2v) is 4.70. The highest BCUT2D eigenvalue weighted by Gasteiger charge is 2.28. The van der Waals surface area contributed by atoms with Crippen LogP contribution in [0.5, 0.6) is 0 Å². The quantitative estimate of drug-likeness (QED) is 0.870. The average molecular weight is 250 g/mol. The molecule has 0 radical (unpaired) electrons. The third-order valence-corrected chi connectivity index (χ3v) is 3.32. The maximum atomic E-state index is 9.59. The fraction of sp³-hybridized carbons (Fsp3) is 0.235. The Labute approximate surface area is 114 Å². The Hall–Kier alpha value is -2.27. The minimum atomic E-state index is -0.553. The molecule has 1 atom stereocenters. The van der Waals surface area contributed by atoms with Crippen molar-refractivity contribution in [2.24, 2.45) is 0 Å². The number of nitriles is 1. The Kier molecular flexibility index (Phi) is 4.20. The normalized spacial score (nSPS) is 13.3. The zero-order chi connectivity index (χ0) is 13.6. The second-order valence-electron chi connectivity index (χ2n) is 4.70. The highest BCUT2D eigenvalue weighted by Crippen LogP contribution is 2.22. The lowest BCUT2D eigenvalue weighted by Gasteiger charge is -2.28. The number of nitrogens with one attached hydrogen (secondary N) is 1. The van der Waals surface area contributed by atoms with E-state index in [1.807, 2.05) is 55.5 Å². The van der Waals surface area contributed by atoms with Crippen molar-refractivity contribution in [3.63, 3.8) is 0 Å². The van der Waals surface area contributed by atoms with Crippen molar-refractivity contribution in [3.8, 4) is 6.07 Å². The van der Waals surface area contributed by atoms with E-state index in [1.165, 1.54) is 5.56 Å². The number of rotatable bonds is 5. The van der Waals surface area contributed by atoms with Gasteiger partial charge in [-0.3, -0.25) is 0 Å². The van der Waals surface area contributed by atoms with E-state index in [-0.39, 0.29) is 0 Å². The van der Waals surface area contributed by atoms with Crippen molar-refractivity contribution >= 4 is 5.69 Å². The van der Waals surface area contributed by atoms with Crippen molar-refractivity contribution in [2.75, 3.05) is 5.32 Å². The van der Waals surface area contributed by atoms with Gasteiger partial charge >= 0.3 is 0 Å². The standard InChI is InChI=1S/C17H18N2/c1-2-17(14-18,13-15-9-5-3-6-10-15)19-16-11-7-4-8-12-16/h3-12,19H,2,13H2,1H3. The molecule has 0 aliphatic rings. The summed E-state index contributed by atoms with van der Waals surface area (Å²) in [6, 6.07) is 22.5. The largest absolute Gasteiger partial charge is 0.367 e. The molecule has 0 aliphatic heterocycles. The van der Waals surface area contributed by atoms with Crippen LogP contribution in [0, 0.1) is 11.3 Å². The number of anilines is 1. The lowest BCUT2D eigenvalue weighted by molar-refractivity contribution is 0.564. The van der Waals surface area contributed by atoms with Crippen LogP contribution < -0.4 is 5.32 Å². The number of hydrogen-bond donors (Lipinski definition) is 1. The van der Waals surface area contributed by atoms with E-state index in [2.05, 4.69) is 23.5 Å². The van der Waals surface area contributed by atoms with E-state index in [0.717, 1.165) is 12.1 Å². The average Bonchev–Trinajstić information content (AvgIpc) is 2.48. The second kappa shape index (κ2) is 6.06. The van der Waals surface area contributed by atoms with Crippen LogP contribution in [0.3, 0.4) is 0 Å². The lowest BCUT2D eigenvalue weighted by Crippen LogP contribution is -2.38. The molecular weight excluding hydrogens is 232 g/mol. The van der Waals surface area contributed by atoms with Gasteiger partial charge in [0, 0.05) is 12.1 Å². The molecule has 19 heavy (non-hydrogen) atoms. The van der Waals surface area contributed by atoms with Gasteiger partial charge in [-0.15, -0.1) is 0 Å². The first-order chi connectivity index (χ1) is 9.28. The molecule has 0 saturated carbocycles. The van der Waals surface area contributed by atoms with Gasteiger partial charge in [0.25, 0.3) is 0 Å². The SMILES string of the molecule is CCC(C#N)(Cc1ccccc1)Nc1ccccc1. The summed E-state index contributed by atoms with van der Waals surface area (Å²) in [5.41, 5.74) is 1.61. The van der Waals surface area contributed by atoms with Gasteiger partial charge in [0.1, 0.15) is 5.54 Å². The highest BCUT2D eigenvalue weighted by atomic mass is 15.0. The summed E-state index contributed by atoms with van der Waals surface area (Å²) in [7, 11) is 0. The molecule has 2 aromatic carbocycles.